The van der Waals surface area contributed by atoms with E-state index in [2.05, 4.69) is 35.6 Å². The maximum atomic E-state index is 13.8. The minimum Gasteiger partial charge on any atom is -0.466 e. The Balaban J connectivity index is 1.42. The van der Waals surface area contributed by atoms with E-state index in [1.54, 1.807) is 0 Å². The summed E-state index contributed by atoms with van der Waals surface area (Å²) in [6.45, 7) is 8.90. The van der Waals surface area contributed by atoms with Gasteiger partial charge in [0.1, 0.15) is 11.6 Å². The predicted molar refractivity (Wildman–Crippen MR) is 155 cm³/mol. The van der Waals surface area contributed by atoms with E-state index in [0.29, 0.717) is 32.5 Å². The van der Waals surface area contributed by atoms with Crippen molar-refractivity contribution in [1.29, 1.82) is 0 Å². The zero-order valence-corrected chi connectivity index (χ0v) is 24.4. The van der Waals surface area contributed by atoms with Crippen molar-refractivity contribution in [3.05, 3.63) is 71.3 Å². The van der Waals surface area contributed by atoms with Crippen molar-refractivity contribution in [1.82, 2.24) is 10.2 Å². The van der Waals surface area contributed by atoms with Crippen LogP contribution < -0.4 is 5.32 Å². The molecule has 2 aromatic rings. The van der Waals surface area contributed by atoms with Gasteiger partial charge < -0.3 is 19.7 Å². The molecule has 7 heteroatoms. The lowest BCUT2D eigenvalue weighted by molar-refractivity contribution is -0.143. The van der Waals surface area contributed by atoms with Gasteiger partial charge in [-0.3, -0.25) is 9.59 Å². The Labute approximate surface area is 238 Å². The van der Waals surface area contributed by atoms with Crippen LogP contribution in [0, 0.1) is 0 Å². The van der Waals surface area contributed by atoms with Gasteiger partial charge in [0, 0.05) is 13.1 Å². The molecule has 2 atom stereocenters. The second kappa shape index (κ2) is 12.9. The number of piperidine rings is 1. The Hall–Kier alpha value is -3.35. The lowest BCUT2D eigenvalue weighted by Crippen LogP contribution is -2.53. The molecule has 0 radical (unpaired) electrons. The number of amides is 2. The lowest BCUT2D eigenvalue weighted by Gasteiger charge is -2.41. The van der Waals surface area contributed by atoms with Crippen molar-refractivity contribution in [3.8, 4) is 0 Å². The third-order valence-electron chi connectivity index (χ3n) is 8.15. The van der Waals surface area contributed by atoms with Gasteiger partial charge >= 0.3 is 12.1 Å². The zero-order chi connectivity index (χ0) is 28.8. The molecule has 4 rings (SSSR count). The van der Waals surface area contributed by atoms with Crippen molar-refractivity contribution in [2.75, 3.05) is 19.7 Å². The van der Waals surface area contributed by atoms with Crippen molar-refractivity contribution in [2.45, 2.75) is 95.6 Å². The summed E-state index contributed by atoms with van der Waals surface area (Å²) in [7, 11) is 0. The molecule has 216 valence electrons. The van der Waals surface area contributed by atoms with Crippen LogP contribution >= 0.6 is 0 Å². The number of nitrogens with zero attached hydrogens (tertiary/aromatic N) is 1. The highest BCUT2D eigenvalue weighted by atomic mass is 16.6. The first-order chi connectivity index (χ1) is 19.1. The van der Waals surface area contributed by atoms with E-state index in [0.717, 1.165) is 32.1 Å². The fraction of sp³-hybridized carbons (Fsp3) is 0.545. The molecule has 0 bridgehead atoms. The van der Waals surface area contributed by atoms with Crippen molar-refractivity contribution >= 4 is 18.0 Å². The molecule has 2 amide bonds. The van der Waals surface area contributed by atoms with E-state index in [-0.39, 0.29) is 23.2 Å². The largest absolute Gasteiger partial charge is 0.466 e. The van der Waals surface area contributed by atoms with Gasteiger partial charge in [-0.05, 0) is 94.2 Å². The molecule has 40 heavy (non-hydrogen) atoms. The summed E-state index contributed by atoms with van der Waals surface area (Å²) in [6, 6.07) is 18.0. The molecule has 2 aliphatic rings. The third-order valence-corrected chi connectivity index (χ3v) is 8.15. The van der Waals surface area contributed by atoms with Crippen LogP contribution in [0.25, 0.3) is 0 Å². The van der Waals surface area contributed by atoms with Gasteiger partial charge in [-0.1, -0.05) is 54.6 Å². The first kappa shape index (κ1) is 29.6. The van der Waals surface area contributed by atoms with Crippen LogP contribution in [0.3, 0.4) is 0 Å². The molecule has 1 saturated heterocycles. The van der Waals surface area contributed by atoms with E-state index >= 15 is 0 Å². The minimum atomic E-state index is -0.644. The highest BCUT2D eigenvalue weighted by molar-refractivity contribution is 5.86. The first-order valence-electron chi connectivity index (χ1n) is 14.7. The summed E-state index contributed by atoms with van der Waals surface area (Å²) in [5.41, 5.74) is 3.06. The van der Waals surface area contributed by atoms with Gasteiger partial charge in [0.25, 0.3) is 0 Å². The number of carbonyl (C=O) groups excluding carboxylic acids is 3. The van der Waals surface area contributed by atoms with Crippen molar-refractivity contribution in [3.63, 3.8) is 0 Å². The van der Waals surface area contributed by atoms with Crippen molar-refractivity contribution in [2.24, 2.45) is 0 Å². The summed E-state index contributed by atoms with van der Waals surface area (Å²) < 4.78 is 10.7. The maximum Gasteiger partial charge on any atom is 0.408 e. The number of fused-ring (bicyclic) bond motifs is 2. The number of likely N-dealkylation sites (tertiary alicyclic amines) is 1. The monoisotopic (exact) mass is 548 g/mol. The minimum absolute atomic E-state index is 0.0497. The number of benzene rings is 2. The number of carbonyl (C=O) groups is 3. The quantitative estimate of drug-likeness (QED) is 0.394. The second-order valence-electron chi connectivity index (χ2n) is 12.2. The Kier molecular flexibility index (Phi) is 9.54. The molecule has 7 nitrogen and oxygen atoms in total. The normalized spacial score (nSPS) is 18.6. The highest BCUT2D eigenvalue weighted by Crippen LogP contribution is 2.52. The number of ether oxygens (including phenoxy) is 2. The summed E-state index contributed by atoms with van der Waals surface area (Å²) in [5.74, 6) is -0.0706. The topological polar surface area (TPSA) is 84.9 Å². The Morgan fingerprint density at radius 3 is 2.38 bits per heavy atom. The fourth-order valence-corrected chi connectivity index (χ4v) is 6.34. The standard InChI is InChI=1S/C33H44N2O5/c1-5-39-29(36)22-25-23-33(27-16-10-9-15-26(25)27)18-20-35(21-19-33)30(37)28(34-31(38)40-32(2,3)4)17-11-14-24-12-7-6-8-13-24/h6-10,12-13,15-16,25,28H,5,11,14,17-23H2,1-4H3,(H,34,38). The molecule has 1 aliphatic carbocycles. The SMILES string of the molecule is CCOC(=O)CC1CC2(CCN(C(=O)C(CCCc3ccccc3)NC(=O)OC(C)(C)C)CC2)c2ccccc21. The van der Waals surface area contributed by atoms with Crippen LogP contribution in [-0.4, -0.2) is 54.2 Å². The van der Waals surface area contributed by atoms with Crippen LogP contribution in [0.5, 0.6) is 0 Å². The lowest BCUT2D eigenvalue weighted by atomic mass is 9.73. The first-order valence-corrected chi connectivity index (χ1v) is 14.7. The molecule has 0 saturated carbocycles. The zero-order valence-electron chi connectivity index (χ0n) is 24.4. The molecule has 1 heterocycles. The molecule has 1 spiro atoms. The number of rotatable bonds is 9. The molecular formula is C33H44N2O5. The number of alkyl carbamates (subject to hydrolysis) is 1. The Bertz CT molecular complexity index is 1160. The van der Waals surface area contributed by atoms with Gasteiger partial charge in [-0.2, -0.15) is 0 Å². The van der Waals surface area contributed by atoms with Gasteiger partial charge in [0.15, 0.2) is 0 Å². The number of nitrogens with one attached hydrogen (secondary N) is 1. The summed E-state index contributed by atoms with van der Waals surface area (Å²) in [4.78, 5) is 40.7. The number of hydrogen-bond acceptors (Lipinski definition) is 5. The van der Waals surface area contributed by atoms with Crippen LogP contribution in [-0.2, 0) is 30.9 Å². The molecule has 1 N–H and O–H groups in total. The molecule has 0 aromatic heterocycles. The molecule has 2 aromatic carbocycles. The number of esters is 1. The summed E-state index contributed by atoms with van der Waals surface area (Å²) in [5, 5.41) is 2.87. The van der Waals surface area contributed by atoms with Crippen molar-refractivity contribution < 1.29 is 23.9 Å². The van der Waals surface area contributed by atoms with Crippen LogP contribution in [0.4, 0.5) is 4.79 Å². The summed E-state index contributed by atoms with van der Waals surface area (Å²) in [6.07, 6.45) is 4.53. The fourth-order valence-electron chi connectivity index (χ4n) is 6.34. The Morgan fingerprint density at radius 1 is 1.02 bits per heavy atom. The average molecular weight is 549 g/mol. The van der Waals surface area contributed by atoms with Crippen LogP contribution in [0.1, 0.15) is 88.8 Å². The van der Waals surface area contributed by atoms with Gasteiger partial charge in [-0.25, -0.2) is 4.79 Å². The second-order valence-corrected chi connectivity index (χ2v) is 12.2. The molecular weight excluding hydrogens is 504 g/mol. The predicted octanol–water partition coefficient (Wildman–Crippen LogP) is 5.90. The van der Waals surface area contributed by atoms with Gasteiger partial charge in [0.2, 0.25) is 5.91 Å². The van der Waals surface area contributed by atoms with Gasteiger partial charge in [-0.15, -0.1) is 0 Å². The van der Waals surface area contributed by atoms with E-state index < -0.39 is 17.7 Å². The van der Waals surface area contributed by atoms with E-state index in [1.807, 2.05) is 56.9 Å². The van der Waals surface area contributed by atoms with E-state index in [4.69, 9.17) is 9.47 Å². The van der Waals surface area contributed by atoms with Gasteiger partial charge in [0.05, 0.1) is 13.0 Å². The maximum absolute atomic E-state index is 13.8. The summed E-state index contributed by atoms with van der Waals surface area (Å²) >= 11 is 0. The van der Waals surface area contributed by atoms with E-state index in [1.165, 1.54) is 16.7 Å². The highest BCUT2D eigenvalue weighted by Gasteiger charge is 2.46. The van der Waals surface area contributed by atoms with Crippen LogP contribution in [0.15, 0.2) is 54.6 Å². The smallest absolute Gasteiger partial charge is 0.408 e. The average Bonchev–Trinajstić information content (AvgIpc) is 3.20. The number of hydrogen-bond donors (Lipinski definition) is 1. The molecule has 2 unspecified atom stereocenters. The molecule has 1 aliphatic heterocycles. The van der Waals surface area contributed by atoms with Crippen LogP contribution in [0.2, 0.25) is 0 Å². The number of aryl methyl sites for hydroxylation is 1. The molecule has 1 fully saturated rings. The van der Waals surface area contributed by atoms with E-state index in [9.17, 15) is 14.4 Å². The Morgan fingerprint density at radius 2 is 1.70 bits per heavy atom. The third kappa shape index (κ3) is 7.43.